The van der Waals surface area contributed by atoms with Gasteiger partial charge in [0.15, 0.2) is 10.9 Å². The Morgan fingerprint density at radius 2 is 1.96 bits per heavy atom. The second-order valence-corrected chi connectivity index (χ2v) is 7.15. The second-order valence-electron chi connectivity index (χ2n) is 5.71. The molecule has 0 aliphatic heterocycles. The van der Waals surface area contributed by atoms with Crippen molar-refractivity contribution in [3.05, 3.63) is 82.8 Å². The molecule has 0 saturated heterocycles. The maximum atomic E-state index is 14.0. The Hall–Kier alpha value is -2.77. The van der Waals surface area contributed by atoms with Gasteiger partial charge in [0.05, 0.1) is 17.5 Å². The average Bonchev–Trinajstić information content (AvgIpc) is 3.29. The maximum Gasteiger partial charge on any atom is 0.260 e. The van der Waals surface area contributed by atoms with Crippen molar-refractivity contribution >= 4 is 44.2 Å². The highest BCUT2D eigenvalue weighted by atomic mass is 35.5. The molecular formula is C19H11ClF2N2O2S. The fourth-order valence-corrected chi connectivity index (χ4v) is 3.72. The molecule has 0 bridgehead atoms. The summed E-state index contributed by atoms with van der Waals surface area (Å²) < 4.78 is 33.2. The van der Waals surface area contributed by atoms with E-state index in [1.807, 2.05) is 0 Å². The third-order valence-electron chi connectivity index (χ3n) is 3.86. The van der Waals surface area contributed by atoms with E-state index in [1.165, 1.54) is 17.2 Å². The van der Waals surface area contributed by atoms with Crippen LogP contribution in [0.3, 0.4) is 0 Å². The molecule has 0 atom stereocenters. The van der Waals surface area contributed by atoms with Crippen LogP contribution >= 0.6 is 22.9 Å². The normalized spacial score (nSPS) is 11.1. The number of benzene rings is 2. The monoisotopic (exact) mass is 404 g/mol. The van der Waals surface area contributed by atoms with Gasteiger partial charge in [0.25, 0.3) is 5.91 Å². The highest BCUT2D eigenvalue weighted by Crippen LogP contribution is 2.33. The molecule has 0 aliphatic carbocycles. The summed E-state index contributed by atoms with van der Waals surface area (Å²) >= 11 is 6.91. The molecule has 0 radical (unpaired) electrons. The lowest BCUT2D eigenvalue weighted by Crippen LogP contribution is -2.30. The fraction of sp³-hybridized carbons (Fsp3) is 0.0526. The molecule has 136 valence electrons. The van der Waals surface area contributed by atoms with Gasteiger partial charge < -0.3 is 4.42 Å². The first kappa shape index (κ1) is 17.6. The van der Waals surface area contributed by atoms with E-state index >= 15 is 0 Å². The van der Waals surface area contributed by atoms with Gasteiger partial charge in [-0.15, -0.1) is 0 Å². The summed E-state index contributed by atoms with van der Waals surface area (Å²) in [6.07, 6.45) is 1.49. The Labute approximate surface area is 161 Å². The topological polar surface area (TPSA) is 46.3 Å². The van der Waals surface area contributed by atoms with Crippen LogP contribution in [0.1, 0.15) is 16.1 Å². The first-order chi connectivity index (χ1) is 13.0. The van der Waals surface area contributed by atoms with Crippen LogP contribution in [0.4, 0.5) is 13.9 Å². The minimum absolute atomic E-state index is 0.0183. The molecule has 2 heterocycles. The molecule has 4 rings (SSSR count). The van der Waals surface area contributed by atoms with E-state index in [2.05, 4.69) is 4.98 Å². The first-order valence-corrected chi connectivity index (χ1v) is 9.06. The van der Waals surface area contributed by atoms with Crippen molar-refractivity contribution in [3.63, 3.8) is 0 Å². The number of rotatable bonds is 4. The summed E-state index contributed by atoms with van der Waals surface area (Å²) in [6.45, 7) is 0.0956. The summed E-state index contributed by atoms with van der Waals surface area (Å²) in [5, 5.41) is 0.743. The van der Waals surface area contributed by atoms with Crippen LogP contribution in [-0.4, -0.2) is 10.9 Å². The predicted molar refractivity (Wildman–Crippen MR) is 100 cm³/mol. The Balaban J connectivity index is 1.79. The minimum Gasteiger partial charge on any atom is -0.467 e. The molecule has 2 aromatic carbocycles. The zero-order valence-electron chi connectivity index (χ0n) is 13.7. The molecule has 0 spiro atoms. The number of aromatic nitrogens is 1. The van der Waals surface area contributed by atoms with Crippen molar-refractivity contribution in [2.75, 3.05) is 4.90 Å². The zero-order valence-corrected chi connectivity index (χ0v) is 15.2. The van der Waals surface area contributed by atoms with Crippen molar-refractivity contribution in [1.82, 2.24) is 4.98 Å². The summed E-state index contributed by atoms with van der Waals surface area (Å²) in [6, 6.07) is 11.8. The number of carbonyl (C=O) groups excluding carboxylic acids is 1. The SMILES string of the molecule is O=C(c1ccc(Cl)cc1)N(Cc1ccco1)c1nc2c(F)cc(F)cc2s1. The first-order valence-electron chi connectivity index (χ1n) is 7.86. The van der Waals surface area contributed by atoms with Gasteiger partial charge in [-0.05, 0) is 42.5 Å². The Morgan fingerprint density at radius 1 is 1.19 bits per heavy atom. The zero-order chi connectivity index (χ0) is 19.0. The number of amides is 1. The Bertz CT molecular complexity index is 1110. The van der Waals surface area contributed by atoms with Crippen molar-refractivity contribution < 1.29 is 18.0 Å². The van der Waals surface area contributed by atoms with E-state index in [9.17, 15) is 13.6 Å². The van der Waals surface area contributed by atoms with Crippen LogP contribution in [0.2, 0.25) is 5.02 Å². The van der Waals surface area contributed by atoms with Gasteiger partial charge in [-0.2, -0.15) is 0 Å². The number of hydrogen-bond acceptors (Lipinski definition) is 4. The highest BCUT2D eigenvalue weighted by molar-refractivity contribution is 7.22. The lowest BCUT2D eigenvalue weighted by Gasteiger charge is -2.18. The van der Waals surface area contributed by atoms with Crippen LogP contribution < -0.4 is 4.90 Å². The van der Waals surface area contributed by atoms with Crippen LogP contribution in [0.15, 0.2) is 59.2 Å². The number of thiazole rings is 1. The smallest absolute Gasteiger partial charge is 0.260 e. The predicted octanol–water partition coefficient (Wildman–Crippen LogP) is 5.67. The number of carbonyl (C=O) groups is 1. The van der Waals surface area contributed by atoms with Gasteiger partial charge in [0.1, 0.15) is 17.1 Å². The molecule has 0 N–H and O–H groups in total. The summed E-state index contributed by atoms with van der Waals surface area (Å²) in [5.41, 5.74) is 0.404. The van der Waals surface area contributed by atoms with E-state index < -0.39 is 11.6 Å². The van der Waals surface area contributed by atoms with Crippen molar-refractivity contribution in [1.29, 1.82) is 0 Å². The van der Waals surface area contributed by atoms with E-state index in [4.69, 9.17) is 16.0 Å². The van der Waals surface area contributed by atoms with Gasteiger partial charge in [-0.3, -0.25) is 9.69 Å². The highest BCUT2D eigenvalue weighted by Gasteiger charge is 2.23. The number of fused-ring (bicyclic) bond motifs is 1. The lowest BCUT2D eigenvalue weighted by atomic mass is 10.2. The molecule has 0 unspecified atom stereocenters. The third-order valence-corrected chi connectivity index (χ3v) is 5.14. The fourth-order valence-electron chi connectivity index (χ4n) is 2.59. The molecule has 1 amide bonds. The van der Waals surface area contributed by atoms with E-state index in [0.29, 0.717) is 21.0 Å². The summed E-state index contributed by atoms with van der Waals surface area (Å²) in [5.74, 6) is -1.30. The van der Waals surface area contributed by atoms with E-state index in [1.54, 1.807) is 36.4 Å². The van der Waals surface area contributed by atoms with Gasteiger partial charge in [0.2, 0.25) is 0 Å². The number of halogens is 3. The molecule has 0 aliphatic rings. The van der Waals surface area contributed by atoms with Crippen LogP contribution in [-0.2, 0) is 6.54 Å². The average molecular weight is 405 g/mol. The van der Waals surface area contributed by atoms with E-state index in [-0.39, 0.29) is 23.1 Å². The van der Waals surface area contributed by atoms with Gasteiger partial charge >= 0.3 is 0 Å². The van der Waals surface area contributed by atoms with Gasteiger partial charge in [-0.25, -0.2) is 13.8 Å². The van der Waals surface area contributed by atoms with Crippen LogP contribution in [0, 0.1) is 11.6 Å². The van der Waals surface area contributed by atoms with Crippen molar-refractivity contribution in [2.45, 2.75) is 6.54 Å². The summed E-state index contributed by atoms with van der Waals surface area (Å²) in [7, 11) is 0. The molecular weight excluding hydrogens is 394 g/mol. The molecule has 0 saturated carbocycles. The molecule has 8 heteroatoms. The number of anilines is 1. The largest absolute Gasteiger partial charge is 0.467 e. The van der Waals surface area contributed by atoms with E-state index in [0.717, 1.165) is 17.4 Å². The van der Waals surface area contributed by atoms with Gasteiger partial charge in [0, 0.05) is 16.7 Å². The van der Waals surface area contributed by atoms with Crippen molar-refractivity contribution in [3.8, 4) is 0 Å². The van der Waals surface area contributed by atoms with Crippen LogP contribution in [0.5, 0.6) is 0 Å². The third kappa shape index (κ3) is 3.56. The Kier molecular flexibility index (Phi) is 4.63. The molecule has 2 aromatic heterocycles. The minimum atomic E-state index is -0.774. The molecule has 27 heavy (non-hydrogen) atoms. The number of hydrogen-bond donors (Lipinski definition) is 0. The summed E-state index contributed by atoms with van der Waals surface area (Å²) in [4.78, 5) is 18.6. The second kappa shape index (κ2) is 7.09. The molecule has 4 aromatic rings. The number of nitrogens with zero attached hydrogens (tertiary/aromatic N) is 2. The molecule has 4 nitrogen and oxygen atoms in total. The maximum absolute atomic E-state index is 14.0. The lowest BCUT2D eigenvalue weighted by molar-refractivity contribution is 0.0983. The quantitative estimate of drug-likeness (QED) is 0.440. The van der Waals surface area contributed by atoms with Crippen molar-refractivity contribution in [2.24, 2.45) is 0 Å². The Morgan fingerprint density at radius 3 is 2.67 bits per heavy atom. The molecule has 0 fully saturated rings. The van der Waals surface area contributed by atoms with Gasteiger partial charge in [-0.1, -0.05) is 22.9 Å². The standard InChI is InChI=1S/C19H11ClF2N2O2S/c20-12-5-3-11(4-6-12)18(25)24(10-14-2-1-7-26-14)19-23-17-15(22)8-13(21)9-16(17)27-19/h1-9H,10H2. The number of furan rings is 1. The van der Waals surface area contributed by atoms with Crippen LogP contribution in [0.25, 0.3) is 10.2 Å².